The van der Waals surface area contributed by atoms with Crippen LogP contribution < -0.4 is 5.32 Å². The summed E-state index contributed by atoms with van der Waals surface area (Å²) in [5.74, 6) is 2.10. The average Bonchev–Trinajstić information content (AvgIpc) is 3.34. The number of aromatic nitrogens is 1. The molecule has 3 heterocycles. The lowest BCUT2D eigenvalue weighted by molar-refractivity contribution is -0.104. The van der Waals surface area contributed by atoms with Gasteiger partial charge in [-0.25, -0.2) is 0 Å². The molecule has 0 aliphatic carbocycles. The van der Waals surface area contributed by atoms with Crippen LogP contribution in [0.3, 0.4) is 0 Å². The highest BCUT2D eigenvalue weighted by atomic mass is 32.2. The highest BCUT2D eigenvalue weighted by Crippen LogP contribution is 2.26. The SMILES string of the molecule is C=N/C(=C(/C=O)SCNC)c1ccco1.CC1CCOCC1.Cc1cc(C=O)cnc1C. The molecule has 7 nitrogen and oxygen atoms in total. The molecule has 0 saturated carbocycles. The first-order chi connectivity index (χ1) is 15.5. The van der Waals surface area contributed by atoms with E-state index < -0.39 is 0 Å². The molecule has 1 fully saturated rings. The number of furan rings is 1. The molecular weight excluding hydrogens is 426 g/mol. The molecule has 0 aromatic carbocycles. The van der Waals surface area contributed by atoms with Crippen molar-refractivity contribution in [2.75, 3.05) is 26.1 Å². The second kappa shape index (κ2) is 16.1. The van der Waals surface area contributed by atoms with E-state index in [0.29, 0.717) is 27.8 Å². The van der Waals surface area contributed by atoms with Crippen LogP contribution in [0.25, 0.3) is 5.70 Å². The lowest BCUT2D eigenvalue weighted by Crippen LogP contribution is -2.12. The van der Waals surface area contributed by atoms with E-state index in [9.17, 15) is 9.59 Å². The number of hydrogen-bond acceptors (Lipinski definition) is 8. The molecule has 32 heavy (non-hydrogen) atoms. The van der Waals surface area contributed by atoms with Gasteiger partial charge in [0, 0.05) is 36.5 Å². The van der Waals surface area contributed by atoms with Crippen LogP contribution in [0.15, 0.2) is 45.0 Å². The molecule has 1 aliphatic rings. The molecular formula is C24H33N3O4S. The summed E-state index contributed by atoms with van der Waals surface area (Å²) in [5, 5.41) is 2.93. The molecule has 2 aromatic heterocycles. The highest BCUT2D eigenvalue weighted by molar-refractivity contribution is 8.04. The molecule has 0 spiro atoms. The van der Waals surface area contributed by atoms with Crippen LogP contribution in [0.4, 0.5) is 0 Å². The Morgan fingerprint density at radius 2 is 2.06 bits per heavy atom. The summed E-state index contributed by atoms with van der Waals surface area (Å²) in [5.41, 5.74) is 3.16. The number of allylic oxidation sites excluding steroid dienone is 1. The first-order valence-corrected chi connectivity index (χ1v) is 11.4. The lowest BCUT2D eigenvalue weighted by Gasteiger charge is -2.16. The monoisotopic (exact) mass is 459 g/mol. The number of nitrogens with zero attached hydrogens (tertiary/aromatic N) is 2. The third-order valence-corrected chi connectivity index (χ3v) is 5.67. The molecule has 0 amide bonds. The number of carbonyl (C=O) groups is 2. The molecule has 0 unspecified atom stereocenters. The summed E-state index contributed by atoms with van der Waals surface area (Å²) in [4.78, 5) is 29.4. The summed E-state index contributed by atoms with van der Waals surface area (Å²) in [6, 6.07) is 5.31. The van der Waals surface area contributed by atoms with Gasteiger partial charge in [-0.3, -0.25) is 19.6 Å². The maximum absolute atomic E-state index is 10.9. The maximum atomic E-state index is 10.9. The lowest BCUT2D eigenvalue weighted by atomic mass is 10.0. The molecule has 3 rings (SSSR count). The van der Waals surface area contributed by atoms with Gasteiger partial charge in [-0.1, -0.05) is 6.92 Å². The van der Waals surface area contributed by atoms with Gasteiger partial charge in [0.25, 0.3) is 0 Å². The van der Waals surface area contributed by atoms with Crippen molar-refractivity contribution in [2.45, 2.75) is 33.6 Å². The standard InChI is InChI=1S/C10H12N2O2S.C8H9NO.C6H12O/c1-11-7-15-9(6-13)10(12-2)8-4-3-5-14-8;1-6-3-8(5-10)4-9-7(6)2;1-6-2-4-7-5-3-6/h3-6,11H,2,7H2,1H3;3-5H,1-2H3;6H,2-5H2,1H3/b10-9-;;. The minimum atomic E-state index is 0.482. The topological polar surface area (TPSA) is 93.8 Å². The van der Waals surface area contributed by atoms with Crippen molar-refractivity contribution in [3.05, 3.63) is 58.1 Å². The minimum absolute atomic E-state index is 0.482. The first-order valence-electron chi connectivity index (χ1n) is 10.4. The number of aliphatic imine (C=N–C) groups is 1. The van der Waals surface area contributed by atoms with E-state index in [0.717, 1.165) is 43.0 Å². The zero-order chi connectivity index (χ0) is 23.8. The van der Waals surface area contributed by atoms with E-state index in [2.05, 4.69) is 28.9 Å². The molecule has 0 atom stereocenters. The van der Waals surface area contributed by atoms with E-state index in [4.69, 9.17) is 9.15 Å². The number of nitrogens with one attached hydrogen (secondary N) is 1. The van der Waals surface area contributed by atoms with Gasteiger partial charge >= 0.3 is 0 Å². The highest BCUT2D eigenvalue weighted by Gasteiger charge is 2.10. The van der Waals surface area contributed by atoms with Gasteiger partial charge in [0.05, 0.1) is 11.2 Å². The van der Waals surface area contributed by atoms with Crippen LogP contribution >= 0.6 is 11.8 Å². The van der Waals surface area contributed by atoms with Crippen LogP contribution in [0, 0.1) is 19.8 Å². The van der Waals surface area contributed by atoms with Gasteiger partial charge in [0.2, 0.25) is 0 Å². The Bertz CT molecular complexity index is 860. The predicted molar refractivity (Wildman–Crippen MR) is 131 cm³/mol. The van der Waals surface area contributed by atoms with Crippen molar-refractivity contribution in [3.63, 3.8) is 0 Å². The average molecular weight is 460 g/mol. The molecule has 1 saturated heterocycles. The number of pyridine rings is 1. The fourth-order valence-corrected chi connectivity index (χ4v) is 3.21. The first kappa shape index (κ1) is 27.5. The summed E-state index contributed by atoms with van der Waals surface area (Å²) in [6.45, 7) is 11.5. The molecule has 1 N–H and O–H groups in total. The van der Waals surface area contributed by atoms with E-state index >= 15 is 0 Å². The van der Waals surface area contributed by atoms with E-state index in [1.165, 1.54) is 30.9 Å². The van der Waals surface area contributed by atoms with Gasteiger partial charge in [-0.2, -0.15) is 0 Å². The Morgan fingerprint density at radius 3 is 2.50 bits per heavy atom. The van der Waals surface area contributed by atoms with E-state index in [1.54, 1.807) is 18.3 Å². The third-order valence-electron chi connectivity index (χ3n) is 4.63. The zero-order valence-electron chi connectivity index (χ0n) is 19.3. The zero-order valence-corrected chi connectivity index (χ0v) is 20.1. The molecule has 174 valence electrons. The van der Waals surface area contributed by atoms with Crippen molar-refractivity contribution < 1.29 is 18.7 Å². The molecule has 0 bridgehead atoms. The number of ether oxygens (including phenoxy) is 1. The number of carbonyl (C=O) groups excluding carboxylic acids is 2. The number of hydrogen-bond donors (Lipinski definition) is 1. The normalized spacial score (nSPS) is 14.1. The maximum Gasteiger partial charge on any atom is 0.158 e. The second-order valence-electron chi connectivity index (χ2n) is 7.19. The van der Waals surface area contributed by atoms with Gasteiger partial charge in [0.15, 0.2) is 18.3 Å². The van der Waals surface area contributed by atoms with Crippen LogP contribution in [-0.2, 0) is 9.53 Å². The largest absolute Gasteiger partial charge is 0.463 e. The Kier molecular flexibility index (Phi) is 13.9. The molecule has 1 aliphatic heterocycles. The Balaban J connectivity index is 0.000000259. The molecule has 0 radical (unpaired) electrons. The summed E-state index contributed by atoms with van der Waals surface area (Å²) < 4.78 is 10.3. The van der Waals surface area contributed by atoms with Gasteiger partial charge in [-0.05, 0) is 70.1 Å². The summed E-state index contributed by atoms with van der Waals surface area (Å²) in [6.07, 6.45) is 7.20. The van der Waals surface area contributed by atoms with Crippen molar-refractivity contribution in [1.29, 1.82) is 0 Å². The minimum Gasteiger partial charge on any atom is -0.463 e. The van der Waals surface area contributed by atoms with Gasteiger partial charge < -0.3 is 14.5 Å². The number of thioether (sulfide) groups is 1. The van der Waals surface area contributed by atoms with Gasteiger partial charge in [-0.15, -0.1) is 11.8 Å². The number of rotatable bonds is 7. The Hall–Kier alpha value is -2.55. The van der Waals surface area contributed by atoms with Crippen LogP contribution in [-0.4, -0.2) is 50.4 Å². The number of aryl methyl sites for hydroxylation is 2. The van der Waals surface area contributed by atoms with Crippen LogP contribution in [0.5, 0.6) is 0 Å². The van der Waals surface area contributed by atoms with Crippen LogP contribution in [0.2, 0.25) is 0 Å². The predicted octanol–water partition coefficient (Wildman–Crippen LogP) is 4.70. The van der Waals surface area contributed by atoms with Crippen molar-refractivity contribution in [1.82, 2.24) is 10.3 Å². The van der Waals surface area contributed by atoms with E-state index in [1.807, 2.05) is 27.0 Å². The fourth-order valence-electron chi connectivity index (χ4n) is 2.54. The summed E-state index contributed by atoms with van der Waals surface area (Å²) in [7, 11) is 1.81. The second-order valence-corrected chi connectivity index (χ2v) is 8.21. The van der Waals surface area contributed by atoms with Gasteiger partial charge in [0.1, 0.15) is 5.70 Å². The third kappa shape index (κ3) is 10.2. The Labute approximate surface area is 194 Å². The van der Waals surface area contributed by atoms with E-state index in [-0.39, 0.29) is 0 Å². The fraction of sp³-hybridized carbons (Fsp3) is 0.417. The molecule has 8 heteroatoms. The van der Waals surface area contributed by atoms with Crippen molar-refractivity contribution in [3.8, 4) is 0 Å². The summed E-state index contributed by atoms with van der Waals surface area (Å²) >= 11 is 1.36. The molecule has 2 aromatic rings. The smallest absolute Gasteiger partial charge is 0.158 e. The van der Waals surface area contributed by atoms with Crippen molar-refractivity contribution >= 4 is 36.7 Å². The van der Waals surface area contributed by atoms with Crippen LogP contribution in [0.1, 0.15) is 47.1 Å². The quantitative estimate of drug-likeness (QED) is 0.277. The Morgan fingerprint density at radius 1 is 1.34 bits per heavy atom. The number of aldehydes is 2. The van der Waals surface area contributed by atoms with Crippen molar-refractivity contribution in [2.24, 2.45) is 10.9 Å².